The molecule has 0 heterocycles. The average Bonchev–Trinajstić information content (AvgIpc) is 2.22. The van der Waals surface area contributed by atoms with Crippen molar-refractivity contribution in [3.63, 3.8) is 0 Å². The molecule has 0 unspecified atom stereocenters. The van der Waals surface area contributed by atoms with Gasteiger partial charge in [0, 0.05) is 13.1 Å². The van der Waals surface area contributed by atoms with E-state index in [-0.39, 0.29) is 11.9 Å². The molecule has 1 aromatic carbocycles. The van der Waals surface area contributed by atoms with E-state index in [2.05, 4.69) is 21.2 Å². The van der Waals surface area contributed by atoms with E-state index in [4.69, 9.17) is 4.74 Å². The maximum absolute atomic E-state index is 13.2. The molecule has 0 bridgehead atoms. The van der Waals surface area contributed by atoms with Crippen LogP contribution in [0.1, 0.15) is 19.4 Å². The normalized spacial score (nSPS) is 11.1. The topological polar surface area (TPSA) is 21.3 Å². The smallest absolute Gasteiger partial charge is 0.137 e. The van der Waals surface area contributed by atoms with Gasteiger partial charge in [-0.3, -0.25) is 0 Å². The summed E-state index contributed by atoms with van der Waals surface area (Å²) in [5, 5.41) is 3.20. The van der Waals surface area contributed by atoms with Gasteiger partial charge in [-0.15, -0.1) is 0 Å². The second-order valence-electron chi connectivity index (χ2n) is 3.84. The highest BCUT2D eigenvalue weighted by atomic mass is 79.9. The van der Waals surface area contributed by atoms with Crippen molar-refractivity contribution in [1.29, 1.82) is 0 Å². The molecular formula is C12H17BrFNO. The Kier molecular flexibility index (Phi) is 5.95. The van der Waals surface area contributed by atoms with E-state index in [0.29, 0.717) is 17.6 Å². The van der Waals surface area contributed by atoms with Crippen LogP contribution in [0, 0.1) is 5.82 Å². The first-order chi connectivity index (χ1) is 7.59. The van der Waals surface area contributed by atoms with Gasteiger partial charge in [0.2, 0.25) is 0 Å². The fraction of sp³-hybridized carbons (Fsp3) is 0.500. The molecule has 2 nitrogen and oxygen atoms in total. The van der Waals surface area contributed by atoms with Crippen molar-refractivity contribution in [2.24, 2.45) is 0 Å². The SMILES string of the molecule is CC(C)OCCNCc1ccc(Br)c(F)c1. The van der Waals surface area contributed by atoms with Gasteiger partial charge in [0.05, 0.1) is 17.2 Å². The Hall–Kier alpha value is -0.450. The minimum absolute atomic E-state index is 0.224. The van der Waals surface area contributed by atoms with Crippen molar-refractivity contribution < 1.29 is 9.13 Å². The summed E-state index contributed by atoms with van der Waals surface area (Å²) in [6.45, 7) is 6.12. The Morgan fingerprint density at radius 3 is 2.81 bits per heavy atom. The lowest BCUT2D eigenvalue weighted by Gasteiger charge is -2.08. The van der Waals surface area contributed by atoms with E-state index in [1.807, 2.05) is 19.9 Å². The molecule has 0 aliphatic heterocycles. The van der Waals surface area contributed by atoms with Gasteiger partial charge in [-0.2, -0.15) is 0 Å². The standard InChI is InChI=1S/C12H17BrFNO/c1-9(2)16-6-5-15-8-10-3-4-11(13)12(14)7-10/h3-4,7,9,15H,5-6,8H2,1-2H3. The summed E-state index contributed by atoms with van der Waals surface area (Å²) in [6.07, 6.45) is 0.256. The fourth-order valence-electron chi connectivity index (χ4n) is 1.25. The molecule has 0 fully saturated rings. The number of hydrogen-bond acceptors (Lipinski definition) is 2. The molecule has 90 valence electrons. The summed E-state index contributed by atoms with van der Waals surface area (Å²) in [5.41, 5.74) is 0.935. The van der Waals surface area contributed by atoms with Crippen LogP contribution in [0.15, 0.2) is 22.7 Å². The van der Waals surface area contributed by atoms with Gasteiger partial charge >= 0.3 is 0 Å². The third-order valence-corrected chi connectivity index (χ3v) is 2.69. The molecule has 16 heavy (non-hydrogen) atoms. The molecule has 0 saturated heterocycles. The second kappa shape index (κ2) is 6.99. The maximum atomic E-state index is 13.2. The van der Waals surface area contributed by atoms with Gasteiger partial charge in [-0.05, 0) is 47.5 Å². The molecule has 0 radical (unpaired) electrons. The largest absolute Gasteiger partial charge is 0.377 e. The number of rotatable bonds is 6. The highest BCUT2D eigenvalue weighted by Gasteiger charge is 2.00. The quantitative estimate of drug-likeness (QED) is 0.813. The molecule has 0 spiro atoms. The van der Waals surface area contributed by atoms with E-state index in [9.17, 15) is 4.39 Å². The molecule has 0 amide bonds. The molecule has 1 rings (SSSR count). The molecular weight excluding hydrogens is 273 g/mol. The molecule has 0 saturated carbocycles. The summed E-state index contributed by atoms with van der Waals surface area (Å²) < 4.78 is 19.0. The van der Waals surface area contributed by atoms with Crippen LogP contribution in [-0.4, -0.2) is 19.3 Å². The van der Waals surface area contributed by atoms with Crippen molar-refractivity contribution in [3.8, 4) is 0 Å². The van der Waals surface area contributed by atoms with Crippen molar-refractivity contribution in [2.45, 2.75) is 26.5 Å². The van der Waals surface area contributed by atoms with Crippen LogP contribution in [0.3, 0.4) is 0 Å². The zero-order chi connectivity index (χ0) is 12.0. The third-order valence-electron chi connectivity index (χ3n) is 2.04. The number of nitrogens with one attached hydrogen (secondary N) is 1. The third kappa shape index (κ3) is 5.05. The van der Waals surface area contributed by atoms with Gasteiger partial charge in [-0.25, -0.2) is 4.39 Å². The lowest BCUT2D eigenvalue weighted by molar-refractivity contribution is 0.0807. The van der Waals surface area contributed by atoms with E-state index in [0.717, 1.165) is 12.1 Å². The van der Waals surface area contributed by atoms with Gasteiger partial charge in [0.25, 0.3) is 0 Å². The zero-order valence-electron chi connectivity index (χ0n) is 9.59. The Bertz CT molecular complexity index is 331. The van der Waals surface area contributed by atoms with Crippen LogP contribution in [0.25, 0.3) is 0 Å². The van der Waals surface area contributed by atoms with Crippen molar-refractivity contribution in [3.05, 3.63) is 34.1 Å². The van der Waals surface area contributed by atoms with Gasteiger partial charge in [0.1, 0.15) is 5.82 Å². The summed E-state index contributed by atoms with van der Waals surface area (Å²) in [7, 11) is 0. The Labute approximate surface area is 104 Å². The lowest BCUT2D eigenvalue weighted by atomic mass is 10.2. The average molecular weight is 290 g/mol. The van der Waals surface area contributed by atoms with Crippen LogP contribution >= 0.6 is 15.9 Å². The summed E-state index contributed by atoms with van der Waals surface area (Å²) >= 11 is 3.12. The molecule has 0 aliphatic carbocycles. The first-order valence-corrected chi connectivity index (χ1v) is 6.15. The monoisotopic (exact) mass is 289 g/mol. The van der Waals surface area contributed by atoms with Crippen LogP contribution in [0.4, 0.5) is 4.39 Å². The fourth-order valence-corrected chi connectivity index (χ4v) is 1.50. The first kappa shape index (κ1) is 13.6. The van der Waals surface area contributed by atoms with Crippen LogP contribution in [-0.2, 0) is 11.3 Å². The second-order valence-corrected chi connectivity index (χ2v) is 4.70. The summed E-state index contributed by atoms with van der Waals surface area (Å²) in [6, 6.07) is 5.14. The number of halogens is 2. The predicted octanol–water partition coefficient (Wildman–Crippen LogP) is 3.10. The number of ether oxygens (including phenoxy) is 1. The van der Waals surface area contributed by atoms with E-state index in [1.165, 1.54) is 6.07 Å². The molecule has 0 aliphatic rings. The predicted molar refractivity (Wildman–Crippen MR) is 66.9 cm³/mol. The Balaban J connectivity index is 2.24. The van der Waals surface area contributed by atoms with Crippen LogP contribution in [0.2, 0.25) is 0 Å². The Morgan fingerprint density at radius 2 is 2.19 bits per heavy atom. The summed E-state index contributed by atoms with van der Waals surface area (Å²) in [4.78, 5) is 0. The number of hydrogen-bond donors (Lipinski definition) is 1. The molecule has 0 aromatic heterocycles. The zero-order valence-corrected chi connectivity index (χ0v) is 11.2. The molecule has 1 N–H and O–H groups in total. The van der Waals surface area contributed by atoms with Crippen LogP contribution < -0.4 is 5.32 Å². The molecule has 4 heteroatoms. The van der Waals surface area contributed by atoms with Gasteiger partial charge < -0.3 is 10.1 Å². The minimum atomic E-state index is -0.224. The van der Waals surface area contributed by atoms with E-state index < -0.39 is 0 Å². The van der Waals surface area contributed by atoms with Crippen LogP contribution in [0.5, 0.6) is 0 Å². The highest BCUT2D eigenvalue weighted by molar-refractivity contribution is 9.10. The van der Waals surface area contributed by atoms with Crippen molar-refractivity contribution in [2.75, 3.05) is 13.2 Å². The number of benzene rings is 1. The van der Waals surface area contributed by atoms with Crippen molar-refractivity contribution >= 4 is 15.9 Å². The lowest BCUT2D eigenvalue weighted by Crippen LogP contribution is -2.21. The highest BCUT2D eigenvalue weighted by Crippen LogP contribution is 2.16. The van der Waals surface area contributed by atoms with E-state index in [1.54, 1.807) is 6.07 Å². The first-order valence-electron chi connectivity index (χ1n) is 5.36. The van der Waals surface area contributed by atoms with Gasteiger partial charge in [-0.1, -0.05) is 6.07 Å². The maximum Gasteiger partial charge on any atom is 0.137 e. The molecule has 1 aromatic rings. The Morgan fingerprint density at radius 1 is 1.44 bits per heavy atom. The van der Waals surface area contributed by atoms with Gasteiger partial charge in [0.15, 0.2) is 0 Å². The van der Waals surface area contributed by atoms with E-state index >= 15 is 0 Å². The summed E-state index contributed by atoms with van der Waals surface area (Å²) in [5.74, 6) is -0.224. The minimum Gasteiger partial charge on any atom is -0.377 e. The van der Waals surface area contributed by atoms with Crippen molar-refractivity contribution in [1.82, 2.24) is 5.32 Å². The molecule has 0 atom stereocenters.